The molecular weight excluding hydrogens is 340 g/mol. The third-order valence-corrected chi connectivity index (χ3v) is 5.80. The van der Waals surface area contributed by atoms with E-state index in [0.29, 0.717) is 25.8 Å². The van der Waals surface area contributed by atoms with Gasteiger partial charge in [0.15, 0.2) is 0 Å². The summed E-state index contributed by atoms with van der Waals surface area (Å²) < 4.78 is 5.31. The molecule has 2 aliphatic heterocycles. The van der Waals surface area contributed by atoms with Gasteiger partial charge in [-0.3, -0.25) is 19.6 Å². The zero-order valence-corrected chi connectivity index (χ0v) is 16.6. The smallest absolute Gasteiger partial charge is 0.224 e. The zero-order valence-electron chi connectivity index (χ0n) is 16.6. The summed E-state index contributed by atoms with van der Waals surface area (Å²) in [4.78, 5) is 21.6. The van der Waals surface area contributed by atoms with Crippen molar-refractivity contribution in [3.8, 4) is 0 Å². The molecular formula is C21H34N4O2. The molecule has 1 aromatic heterocycles. The summed E-state index contributed by atoms with van der Waals surface area (Å²) in [6.45, 7) is 9.23. The Morgan fingerprint density at radius 1 is 1.22 bits per heavy atom. The number of nitrogens with one attached hydrogen (secondary N) is 1. The molecule has 6 heteroatoms. The van der Waals surface area contributed by atoms with Crippen LogP contribution in [0.5, 0.6) is 0 Å². The molecule has 6 nitrogen and oxygen atoms in total. The van der Waals surface area contributed by atoms with Gasteiger partial charge in [0.25, 0.3) is 0 Å². The number of carbonyl (C=O) groups excluding carboxylic acids is 1. The van der Waals surface area contributed by atoms with Gasteiger partial charge in [0.05, 0.1) is 12.5 Å². The van der Waals surface area contributed by atoms with Gasteiger partial charge in [0.2, 0.25) is 5.91 Å². The van der Waals surface area contributed by atoms with Crippen molar-refractivity contribution in [2.45, 2.75) is 45.2 Å². The van der Waals surface area contributed by atoms with E-state index >= 15 is 0 Å². The number of aromatic nitrogens is 1. The van der Waals surface area contributed by atoms with Crippen LogP contribution in [0.4, 0.5) is 0 Å². The highest BCUT2D eigenvalue weighted by molar-refractivity contribution is 5.78. The van der Waals surface area contributed by atoms with Crippen molar-refractivity contribution < 1.29 is 9.53 Å². The van der Waals surface area contributed by atoms with Gasteiger partial charge < -0.3 is 10.1 Å². The molecule has 2 fully saturated rings. The zero-order chi connectivity index (χ0) is 18.9. The SMILES string of the molecule is CCOCCNC(=O)[C@@H]1CCCN(C2CCN(Cc3ccncc3)CC2)C1. The van der Waals surface area contributed by atoms with Crippen molar-refractivity contribution >= 4 is 5.91 Å². The molecule has 3 rings (SSSR count). The molecule has 0 aromatic carbocycles. The lowest BCUT2D eigenvalue weighted by atomic mass is 9.93. The molecule has 0 spiro atoms. The molecule has 0 saturated carbocycles. The van der Waals surface area contributed by atoms with Gasteiger partial charge in [-0.2, -0.15) is 0 Å². The Bertz CT molecular complexity index is 561. The van der Waals surface area contributed by atoms with E-state index in [9.17, 15) is 4.79 Å². The van der Waals surface area contributed by atoms with Crippen LogP contribution < -0.4 is 5.32 Å². The third-order valence-electron chi connectivity index (χ3n) is 5.80. The number of likely N-dealkylation sites (tertiary alicyclic amines) is 2. The van der Waals surface area contributed by atoms with Gasteiger partial charge in [-0.25, -0.2) is 0 Å². The number of piperidine rings is 2. The Balaban J connectivity index is 1.40. The number of carbonyl (C=O) groups is 1. The molecule has 1 aromatic rings. The molecule has 2 saturated heterocycles. The summed E-state index contributed by atoms with van der Waals surface area (Å²) in [5, 5.41) is 3.04. The molecule has 1 atom stereocenters. The molecule has 3 heterocycles. The standard InChI is InChI=1S/C21H34N4O2/c1-2-27-15-11-23-21(26)19-4-3-12-25(17-19)20-7-13-24(14-8-20)16-18-5-9-22-10-6-18/h5-6,9-10,19-20H,2-4,7-8,11-17H2,1H3,(H,23,26)/t19-/m1/s1. The van der Waals surface area contributed by atoms with Crippen molar-refractivity contribution in [3.05, 3.63) is 30.1 Å². The van der Waals surface area contributed by atoms with Crippen LogP contribution in [-0.2, 0) is 16.1 Å². The first kappa shape index (κ1) is 20.2. The van der Waals surface area contributed by atoms with Gasteiger partial charge in [-0.05, 0) is 69.9 Å². The Kier molecular flexibility index (Phi) is 8.05. The Hall–Kier alpha value is -1.50. The first-order valence-corrected chi connectivity index (χ1v) is 10.5. The van der Waals surface area contributed by atoms with Crippen LogP contribution in [0.25, 0.3) is 0 Å². The van der Waals surface area contributed by atoms with E-state index in [1.54, 1.807) is 0 Å². The lowest BCUT2D eigenvalue weighted by molar-refractivity contribution is -0.127. The molecule has 0 radical (unpaired) electrons. The second-order valence-corrected chi connectivity index (χ2v) is 7.68. The van der Waals surface area contributed by atoms with Crippen LogP contribution >= 0.6 is 0 Å². The number of amides is 1. The summed E-state index contributed by atoms with van der Waals surface area (Å²) in [5.74, 6) is 0.338. The van der Waals surface area contributed by atoms with Crippen LogP contribution in [0.1, 0.15) is 38.2 Å². The highest BCUT2D eigenvalue weighted by Crippen LogP contribution is 2.24. The second kappa shape index (κ2) is 10.7. The first-order chi connectivity index (χ1) is 13.3. The van der Waals surface area contributed by atoms with E-state index in [0.717, 1.165) is 45.6 Å². The summed E-state index contributed by atoms with van der Waals surface area (Å²) in [6, 6.07) is 4.83. The van der Waals surface area contributed by atoms with Gasteiger partial charge in [-0.1, -0.05) is 0 Å². The minimum atomic E-state index is 0.134. The maximum Gasteiger partial charge on any atom is 0.224 e. The Morgan fingerprint density at radius 2 is 2.00 bits per heavy atom. The molecule has 0 bridgehead atoms. The van der Waals surface area contributed by atoms with Crippen LogP contribution in [-0.4, -0.2) is 72.7 Å². The lowest BCUT2D eigenvalue weighted by Gasteiger charge is -2.42. The Labute approximate surface area is 163 Å². The molecule has 150 valence electrons. The number of pyridine rings is 1. The number of nitrogens with zero attached hydrogens (tertiary/aromatic N) is 3. The van der Waals surface area contributed by atoms with Gasteiger partial charge in [0, 0.05) is 44.7 Å². The number of hydrogen-bond donors (Lipinski definition) is 1. The van der Waals surface area contributed by atoms with Crippen molar-refractivity contribution in [2.75, 3.05) is 45.9 Å². The molecule has 0 aliphatic carbocycles. The highest BCUT2D eigenvalue weighted by Gasteiger charge is 2.31. The molecule has 2 aliphatic rings. The summed E-state index contributed by atoms with van der Waals surface area (Å²) in [7, 11) is 0. The predicted octanol–water partition coefficient (Wildman–Crippen LogP) is 1.91. The molecule has 27 heavy (non-hydrogen) atoms. The number of ether oxygens (including phenoxy) is 1. The minimum absolute atomic E-state index is 0.134. The lowest BCUT2D eigenvalue weighted by Crippen LogP contribution is -2.50. The summed E-state index contributed by atoms with van der Waals surface area (Å²) in [5.41, 5.74) is 1.34. The fourth-order valence-corrected chi connectivity index (χ4v) is 4.28. The summed E-state index contributed by atoms with van der Waals surface area (Å²) >= 11 is 0. The fraction of sp³-hybridized carbons (Fsp3) is 0.714. The minimum Gasteiger partial charge on any atom is -0.380 e. The van der Waals surface area contributed by atoms with Crippen LogP contribution in [0.2, 0.25) is 0 Å². The number of hydrogen-bond acceptors (Lipinski definition) is 5. The second-order valence-electron chi connectivity index (χ2n) is 7.68. The van der Waals surface area contributed by atoms with Crippen LogP contribution in [0, 0.1) is 5.92 Å². The van der Waals surface area contributed by atoms with E-state index in [1.807, 2.05) is 19.3 Å². The normalized spacial score (nSPS) is 22.6. The van der Waals surface area contributed by atoms with Crippen LogP contribution in [0.15, 0.2) is 24.5 Å². The van der Waals surface area contributed by atoms with Crippen LogP contribution in [0.3, 0.4) is 0 Å². The monoisotopic (exact) mass is 374 g/mol. The average molecular weight is 375 g/mol. The van der Waals surface area contributed by atoms with E-state index in [2.05, 4.69) is 32.2 Å². The summed E-state index contributed by atoms with van der Waals surface area (Å²) in [6.07, 6.45) is 8.27. The van der Waals surface area contributed by atoms with Gasteiger partial charge in [-0.15, -0.1) is 0 Å². The quantitative estimate of drug-likeness (QED) is 0.705. The van der Waals surface area contributed by atoms with Crippen molar-refractivity contribution in [3.63, 3.8) is 0 Å². The maximum atomic E-state index is 12.4. The van der Waals surface area contributed by atoms with Crippen molar-refractivity contribution in [2.24, 2.45) is 5.92 Å². The van der Waals surface area contributed by atoms with E-state index < -0.39 is 0 Å². The van der Waals surface area contributed by atoms with Gasteiger partial charge in [0.1, 0.15) is 0 Å². The molecule has 1 N–H and O–H groups in total. The Morgan fingerprint density at radius 3 is 2.74 bits per heavy atom. The topological polar surface area (TPSA) is 57.7 Å². The average Bonchev–Trinajstić information content (AvgIpc) is 2.72. The largest absolute Gasteiger partial charge is 0.380 e. The van der Waals surface area contributed by atoms with E-state index in [-0.39, 0.29) is 11.8 Å². The van der Waals surface area contributed by atoms with Gasteiger partial charge >= 0.3 is 0 Å². The van der Waals surface area contributed by atoms with E-state index in [1.165, 1.54) is 18.4 Å². The van der Waals surface area contributed by atoms with Crippen molar-refractivity contribution in [1.82, 2.24) is 20.1 Å². The fourth-order valence-electron chi connectivity index (χ4n) is 4.28. The van der Waals surface area contributed by atoms with Crippen molar-refractivity contribution in [1.29, 1.82) is 0 Å². The van der Waals surface area contributed by atoms with E-state index in [4.69, 9.17) is 4.74 Å². The maximum absolute atomic E-state index is 12.4. The molecule has 1 amide bonds. The first-order valence-electron chi connectivity index (χ1n) is 10.5. The molecule has 0 unspecified atom stereocenters. The number of rotatable bonds is 8. The predicted molar refractivity (Wildman–Crippen MR) is 106 cm³/mol. The highest BCUT2D eigenvalue weighted by atomic mass is 16.5. The third kappa shape index (κ3) is 6.26.